The van der Waals surface area contributed by atoms with Crippen molar-refractivity contribution in [1.82, 2.24) is 0 Å². The molecule has 0 spiro atoms. The molecule has 0 aliphatic heterocycles. The molecule has 1 aliphatic rings. The number of hydrogen-bond acceptors (Lipinski definition) is 1. The third-order valence-electron chi connectivity index (χ3n) is 4.35. The molecule has 2 unspecified atom stereocenters. The molecule has 0 aromatic heterocycles. The van der Waals surface area contributed by atoms with E-state index in [4.69, 9.17) is 4.74 Å². The molecule has 0 radical (unpaired) electrons. The normalized spacial score (nSPS) is 20.4. The average Bonchev–Trinajstić information content (AvgIpc) is 2.48. The van der Waals surface area contributed by atoms with Gasteiger partial charge in [0.1, 0.15) is 5.75 Å². The third kappa shape index (κ3) is 4.13. The number of ether oxygens (including phenoxy) is 1. The van der Waals surface area contributed by atoms with Gasteiger partial charge in [0, 0.05) is 0 Å². The highest BCUT2D eigenvalue weighted by Crippen LogP contribution is 2.32. The minimum atomic E-state index is 0.310. The fraction of sp³-hybridized carbons (Fsp3) is 0.579. The van der Waals surface area contributed by atoms with E-state index in [-0.39, 0.29) is 0 Å². The van der Waals surface area contributed by atoms with Gasteiger partial charge in [-0.2, -0.15) is 0 Å². The monoisotopic (exact) mass is 272 g/mol. The van der Waals surface area contributed by atoms with Crippen LogP contribution in [0.4, 0.5) is 0 Å². The van der Waals surface area contributed by atoms with Gasteiger partial charge in [-0.15, -0.1) is 0 Å². The molecular weight excluding hydrogens is 244 g/mol. The first kappa shape index (κ1) is 15.2. The molecule has 2 rings (SSSR count). The van der Waals surface area contributed by atoms with Crippen molar-refractivity contribution in [2.24, 2.45) is 5.92 Å². The van der Waals surface area contributed by atoms with Crippen LogP contribution in [-0.2, 0) is 0 Å². The van der Waals surface area contributed by atoms with Crippen LogP contribution in [0, 0.1) is 5.92 Å². The molecule has 1 aliphatic carbocycles. The van der Waals surface area contributed by atoms with Crippen molar-refractivity contribution < 1.29 is 4.74 Å². The van der Waals surface area contributed by atoms with Gasteiger partial charge in [0.15, 0.2) is 0 Å². The largest absolute Gasteiger partial charge is 0.491 e. The Bertz CT molecular complexity index is 430. The molecule has 1 aromatic rings. The SMILES string of the molecule is CCCC(C)Oc1ccc(C2=CCC(CC)CC2)cc1. The predicted molar refractivity (Wildman–Crippen MR) is 87.0 cm³/mol. The zero-order valence-corrected chi connectivity index (χ0v) is 13.2. The van der Waals surface area contributed by atoms with Crippen molar-refractivity contribution in [2.75, 3.05) is 0 Å². The Kier molecular flexibility index (Phi) is 5.70. The second-order valence-electron chi connectivity index (χ2n) is 6.02. The lowest BCUT2D eigenvalue weighted by molar-refractivity contribution is 0.210. The molecule has 20 heavy (non-hydrogen) atoms. The molecule has 0 saturated heterocycles. The Morgan fingerprint density at radius 1 is 1.20 bits per heavy atom. The van der Waals surface area contributed by atoms with Gasteiger partial charge in [0.2, 0.25) is 0 Å². The lowest BCUT2D eigenvalue weighted by Crippen LogP contribution is -2.10. The second kappa shape index (κ2) is 7.52. The maximum absolute atomic E-state index is 5.91. The Labute approximate surface area is 124 Å². The molecule has 0 saturated carbocycles. The Balaban J connectivity index is 1.96. The molecule has 2 atom stereocenters. The lowest BCUT2D eigenvalue weighted by Gasteiger charge is -2.21. The van der Waals surface area contributed by atoms with Gasteiger partial charge in [-0.25, -0.2) is 0 Å². The minimum Gasteiger partial charge on any atom is -0.491 e. The van der Waals surface area contributed by atoms with Crippen LogP contribution in [-0.4, -0.2) is 6.10 Å². The van der Waals surface area contributed by atoms with E-state index in [1.165, 1.54) is 43.2 Å². The smallest absolute Gasteiger partial charge is 0.119 e. The lowest BCUT2D eigenvalue weighted by atomic mass is 9.85. The highest BCUT2D eigenvalue weighted by molar-refractivity contribution is 5.66. The Hall–Kier alpha value is -1.24. The Morgan fingerprint density at radius 3 is 2.50 bits per heavy atom. The summed E-state index contributed by atoms with van der Waals surface area (Å²) in [6.07, 6.45) is 10.2. The topological polar surface area (TPSA) is 9.23 Å². The highest BCUT2D eigenvalue weighted by atomic mass is 16.5. The molecule has 0 N–H and O–H groups in total. The first-order chi connectivity index (χ1) is 9.72. The summed E-state index contributed by atoms with van der Waals surface area (Å²) >= 11 is 0. The van der Waals surface area contributed by atoms with Gasteiger partial charge in [0.05, 0.1) is 6.10 Å². The van der Waals surface area contributed by atoms with Crippen LogP contribution in [0.3, 0.4) is 0 Å². The maximum Gasteiger partial charge on any atom is 0.119 e. The first-order valence-corrected chi connectivity index (χ1v) is 8.19. The van der Waals surface area contributed by atoms with Gasteiger partial charge in [-0.05, 0) is 61.8 Å². The van der Waals surface area contributed by atoms with Crippen molar-refractivity contribution in [2.45, 2.75) is 65.4 Å². The molecule has 0 heterocycles. The quantitative estimate of drug-likeness (QED) is 0.631. The van der Waals surface area contributed by atoms with Crippen molar-refractivity contribution in [3.63, 3.8) is 0 Å². The zero-order chi connectivity index (χ0) is 14.4. The van der Waals surface area contributed by atoms with Crippen LogP contribution in [0.2, 0.25) is 0 Å². The Morgan fingerprint density at radius 2 is 1.95 bits per heavy atom. The van der Waals surface area contributed by atoms with E-state index in [0.29, 0.717) is 6.10 Å². The van der Waals surface area contributed by atoms with Crippen LogP contribution in [0.1, 0.15) is 64.9 Å². The van der Waals surface area contributed by atoms with Gasteiger partial charge in [0.25, 0.3) is 0 Å². The minimum absolute atomic E-state index is 0.310. The molecule has 1 nitrogen and oxygen atoms in total. The number of hydrogen-bond donors (Lipinski definition) is 0. The summed E-state index contributed by atoms with van der Waals surface area (Å²) in [5, 5.41) is 0. The van der Waals surface area contributed by atoms with E-state index in [2.05, 4.69) is 51.1 Å². The summed E-state index contributed by atoms with van der Waals surface area (Å²) in [6.45, 7) is 6.64. The first-order valence-electron chi connectivity index (χ1n) is 8.19. The molecule has 0 amide bonds. The molecule has 1 heteroatoms. The fourth-order valence-corrected chi connectivity index (χ4v) is 2.97. The van der Waals surface area contributed by atoms with E-state index in [1.54, 1.807) is 0 Å². The predicted octanol–water partition coefficient (Wildman–Crippen LogP) is 5.85. The van der Waals surface area contributed by atoms with Crippen LogP contribution in [0.15, 0.2) is 30.3 Å². The van der Waals surface area contributed by atoms with E-state index in [1.807, 2.05) is 0 Å². The van der Waals surface area contributed by atoms with Crippen LogP contribution >= 0.6 is 0 Å². The summed E-state index contributed by atoms with van der Waals surface area (Å²) in [5.41, 5.74) is 2.89. The van der Waals surface area contributed by atoms with Gasteiger partial charge < -0.3 is 4.74 Å². The van der Waals surface area contributed by atoms with Crippen molar-refractivity contribution >= 4 is 5.57 Å². The van der Waals surface area contributed by atoms with Crippen LogP contribution in [0.25, 0.3) is 5.57 Å². The summed E-state index contributed by atoms with van der Waals surface area (Å²) in [6, 6.07) is 8.67. The number of benzene rings is 1. The molecule has 0 fully saturated rings. The average molecular weight is 272 g/mol. The number of allylic oxidation sites excluding steroid dienone is 2. The summed E-state index contributed by atoms with van der Waals surface area (Å²) in [4.78, 5) is 0. The molecule has 110 valence electrons. The molecule has 0 bridgehead atoms. The van der Waals surface area contributed by atoms with E-state index < -0.39 is 0 Å². The molecule has 1 aromatic carbocycles. The maximum atomic E-state index is 5.91. The van der Waals surface area contributed by atoms with Crippen molar-refractivity contribution in [1.29, 1.82) is 0 Å². The van der Waals surface area contributed by atoms with Crippen LogP contribution in [0.5, 0.6) is 5.75 Å². The zero-order valence-electron chi connectivity index (χ0n) is 13.2. The second-order valence-corrected chi connectivity index (χ2v) is 6.02. The third-order valence-corrected chi connectivity index (χ3v) is 4.35. The fourth-order valence-electron chi connectivity index (χ4n) is 2.97. The summed E-state index contributed by atoms with van der Waals surface area (Å²) in [7, 11) is 0. The highest BCUT2D eigenvalue weighted by Gasteiger charge is 2.13. The van der Waals surface area contributed by atoms with Crippen molar-refractivity contribution in [3.8, 4) is 5.75 Å². The summed E-state index contributed by atoms with van der Waals surface area (Å²) < 4.78 is 5.91. The van der Waals surface area contributed by atoms with E-state index in [9.17, 15) is 0 Å². The van der Waals surface area contributed by atoms with Crippen molar-refractivity contribution in [3.05, 3.63) is 35.9 Å². The van der Waals surface area contributed by atoms with E-state index >= 15 is 0 Å². The van der Waals surface area contributed by atoms with Gasteiger partial charge >= 0.3 is 0 Å². The van der Waals surface area contributed by atoms with Gasteiger partial charge in [-0.3, -0.25) is 0 Å². The van der Waals surface area contributed by atoms with E-state index in [0.717, 1.165) is 18.1 Å². The number of rotatable bonds is 6. The molecular formula is C19H28O. The van der Waals surface area contributed by atoms with Gasteiger partial charge in [-0.1, -0.05) is 44.9 Å². The summed E-state index contributed by atoms with van der Waals surface area (Å²) in [5.74, 6) is 1.90. The standard InChI is InChI=1S/C19H28O/c1-4-6-15(3)20-19-13-11-18(12-14-19)17-9-7-16(5-2)8-10-17/h9,11-16H,4-8,10H2,1-3H3. The van der Waals surface area contributed by atoms with Crippen LogP contribution < -0.4 is 4.74 Å².